The molecule has 0 aliphatic rings. The normalized spacial score (nSPS) is 11.6. The third-order valence-corrected chi connectivity index (χ3v) is 9.93. The third kappa shape index (κ3) is 4.63. The third-order valence-electron chi connectivity index (χ3n) is 9.93. The van der Waals surface area contributed by atoms with Gasteiger partial charge in [-0.15, -0.1) is 0 Å². The van der Waals surface area contributed by atoms with Gasteiger partial charge in [-0.1, -0.05) is 115 Å². The number of benzene rings is 8. The lowest BCUT2D eigenvalue weighted by Crippen LogP contribution is -2.09. The van der Waals surface area contributed by atoms with E-state index in [0.717, 1.165) is 39.0 Å². The van der Waals surface area contributed by atoms with Crippen LogP contribution < -0.4 is 4.90 Å². The molecule has 0 aliphatic heterocycles. The molecule has 10 rings (SSSR count). The van der Waals surface area contributed by atoms with E-state index in [-0.39, 0.29) is 0 Å². The highest BCUT2D eigenvalue weighted by Crippen LogP contribution is 2.42. The molecule has 0 atom stereocenters. The quantitative estimate of drug-likeness (QED) is 0.176. The standard InChI is InChI=1S/C47H30N2O/c1-2-8-31(9-3-1)32-14-19-36(20-15-32)49(38-23-25-45-43(29-38)44-30-48-27-26-46(44)50-45)37-21-16-34(17-22-37)42-28-35-11-5-7-13-40(35)47-39-12-6-4-10-33(39)18-24-41(42)47/h1-30H. The van der Waals surface area contributed by atoms with Crippen LogP contribution in [0.1, 0.15) is 0 Å². The second-order valence-corrected chi connectivity index (χ2v) is 12.8. The highest BCUT2D eigenvalue weighted by molar-refractivity contribution is 6.24. The van der Waals surface area contributed by atoms with Crippen molar-refractivity contribution in [2.24, 2.45) is 0 Å². The maximum Gasteiger partial charge on any atom is 0.138 e. The molecule has 0 radical (unpaired) electrons. The zero-order valence-corrected chi connectivity index (χ0v) is 27.1. The molecule has 10 aromatic rings. The Bertz CT molecular complexity index is 2840. The average molecular weight is 639 g/mol. The summed E-state index contributed by atoms with van der Waals surface area (Å²) in [5, 5.41) is 9.67. The van der Waals surface area contributed by atoms with E-state index in [2.05, 4.69) is 174 Å². The van der Waals surface area contributed by atoms with E-state index >= 15 is 0 Å². The fraction of sp³-hybridized carbons (Fsp3) is 0. The van der Waals surface area contributed by atoms with Gasteiger partial charge in [0.05, 0.1) is 0 Å². The van der Waals surface area contributed by atoms with Crippen LogP contribution in [0, 0.1) is 0 Å². The van der Waals surface area contributed by atoms with Crippen LogP contribution in [0.15, 0.2) is 187 Å². The van der Waals surface area contributed by atoms with Crippen molar-refractivity contribution < 1.29 is 4.42 Å². The molecule has 8 aromatic carbocycles. The second-order valence-electron chi connectivity index (χ2n) is 12.8. The predicted octanol–water partition coefficient (Wildman–Crippen LogP) is 13.2. The number of pyridine rings is 1. The Balaban J connectivity index is 1.13. The van der Waals surface area contributed by atoms with Gasteiger partial charge in [0.1, 0.15) is 11.2 Å². The van der Waals surface area contributed by atoms with Gasteiger partial charge in [-0.05, 0) is 109 Å². The van der Waals surface area contributed by atoms with Gasteiger partial charge in [0.15, 0.2) is 0 Å². The molecule has 3 heteroatoms. The maximum atomic E-state index is 6.16. The topological polar surface area (TPSA) is 29.3 Å². The minimum atomic E-state index is 0.839. The number of hydrogen-bond donors (Lipinski definition) is 0. The maximum absolute atomic E-state index is 6.16. The zero-order valence-electron chi connectivity index (χ0n) is 27.1. The molecule has 50 heavy (non-hydrogen) atoms. The second kappa shape index (κ2) is 11.5. The first-order valence-corrected chi connectivity index (χ1v) is 16.9. The van der Waals surface area contributed by atoms with Crippen molar-refractivity contribution in [3.8, 4) is 22.3 Å². The summed E-state index contributed by atoms with van der Waals surface area (Å²) in [4.78, 5) is 6.71. The van der Waals surface area contributed by atoms with Gasteiger partial charge in [-0.25, -0.2) is 0 Å². The molecule has 0 unspecified atom stereocenters. The summed E-state index contributed by atoms with van der Waals surface area (Å²) >= 11 is 0. The van der Waals surface area contributed by atoms with Gasteiger partial charge in [0.2, 0.25) is 0 Å². The van der Waals surface area contributed by atoms with E-state index in [1.54, 1.807) is 6.20 Å². The molecule has 0 amide bonds. The van der Waals surface area contributed by atoms with Gasteiger partial charge in [0.25, 0.3) is 0 Å². The summed E-state index contributed by atoms with van der Waals surface area (Å²) in [5.74, 6) is 0. The van der Waals surface area contributed by atoms with Crippen molar-refractivity contribution in [1.82, 2.24) is 4.98 Å². The fourth-order valence-corrected chi connectivity index (χ4v) is 7.53. The molecule has 0 saturated heterocycles. The first kappa shape index (κ1) is 28.3. The molecular formula is C47H30N2O. The van der Waals surface area contributed by atoms with Gasteiger partial charge in [-0.2, -0.15) is 0 Å². The lowest BCUT2D eigenvalue weighted by molar-refractivity contribution is 0.668. The Labute approximate surface area is 289 Å². The SMILES string of the molecule is c1ccc(-c2ccc(N(c3ccc(-c4cc5ccccc5c5c4ccc4ccccc45)cc3)c3ccc4oc5ccncc5c4c3)cc2)cc1. The number of rotatable bonds is 5. The molecule has 234 valence electrons. The Morgan fingerprint density at radius 3 is 1.80 bits per heavy atom. The summed E-state index contributed by atoms with van der Waals surface area (Å²) in [6, 6.07) is 61.0. The fourth-order valence-electron chi connectivity index (χ4n) is 7.53. The Hall–Kier alpha value is -6.71. The van der Waals surface area contributed by atoms with Crippen molar-refractivity contribution in [3.05, 3.63) is 182 Å². The van der Waals surface area contributed by atoms with Crippen LogP contribution >= 0.6 is 0 Å². The largest absolute Gasteiger partial charge is 0.456 e. The smallest absolute Gasteiger partial charge is 0.138 e. The van der Waals surface area contributed by atoms with Crippen LogP contribution in [0.5, 0.6) is 0 Å². The summed E-state index contributed by atoms with van der Waals surface area (Å²) < 4.78 is 6.16. The van der Waals surface area contributed by atoms with Crippen LogP contribution in [-0.2, 0) is 0 Å². The van der Waals surface area contributed by atoms with E-state index < -0.39 is 0 Å². The van der Waals surface area contributed by atoms with Crippen LogP contribution in [0.2, 0.25) is 0 Å². The Morgan fingerprint density at radius 1 is 0.400 bits per heavy atom. The first-order valence-electron chi connectivity index (χ1n) is 16.9. The molecule has 2 aromatic heterocycles. The molecule has 0 fully saturated rings. The molecule has 2 heterocycles. The van der Waals surface area contributed by atoms with Crippen molar-refractivity contribution >= 4 is 71.3 Å². The number of aromatic nitrogens is 1. The molecule has 3 nitrogen and oxygen atoms in total. The minimum Gasteiger partial charge on any atom is -0.456 e. The van der Waals surface area contributed by atoms with Crippen LogP contribution in [0.3, 0.4) is 0 Å². The van der Waals surface area contributed by atoms with Gasteiger partial charge < -0.3 is 9.32 Å². The summed E-state index contributed by atoms with van der Waals surface area (Å²) in [7, 11) is 0. The molecule has 0 N–H and O–H groups in total. The highest BCUT2D eigenvalue weighted by atomic mass is 16.3. The predicted molar refractivity (Wildman–Crippen MR) is 210 cm³/mol. The van der Waals surface area contributed by atoms with E-state index in [4.69, 9.17) is 4.42 Å². The van der Waals surface area contributed by atoms with E-state index in [9.17, 15) is 0 Å². The van der Waals surface area contributed by atoms with E-state index in [1.807, 2.05) is 12.3 Å². The van der Waals surface area contributed by atoms with Crippen LogP contribution in [0.25, 0.3) is 76.5 Å². The lowest BCUT2D eigenvalue weighted by atomic mass is 9.90. The van der Waals surface area contributed by atoms with Crippen molar-refractivity contribution in [3.63, 3.8) is 0 Å². The minimum absolute atomic E-state index is 0.839. The summed E-state index contributed by atoms with van der Waals surface area (Å²) in [6.45, 7) is 0. The lowest BCUT2D eigenvalue weighted by Gasteiger charge is -2.26. The van der Waals surface area contributed by atoms with Gasteiger partial charge in [0, 0.05) is 40.2 Å². The molecule has 0 saturated carbocycles. The number of nitrogens with zero attached hydrogens (tertiary/aromatic N) is 2. The van der Waals surface area contributed by atoms with Crippen LogP contribution in [-0.4, -0.2) is 4.98 Å². The number of furan rings is 1. The van der Waals surface area contributed by atoms with E-state index in [0.29, 0.717) is 0 Å². The number of hydrogen-bond acceptors (Lipinski definition) is 3. The van der Waals surface area contributed by atoms with Gasteiger partial charge in [-0.3, -0.25) is 4.98 Å². The monoisotopic (exact) mass is 638 g/mol. The van der Waals surface area contributed by atoms with Crippen molar-refractivity contribution in [1.29, 1.82) is 0 Å². The zero-order chi connectivity index (χ0) is 33.0. The van der Waals surface area contributed by atoms with Crippen molar-refractivity contribution in [2.75, 3.05) is 4.90 Å². The summed E-state index contributed by atoms with van der Waals surface area (Å²) in [5.41, 5.74) is 9.67. The molecule has 0 spiro atoms. The molecule has 0 bridgehead atoms. The average Bonchev–Trinajstić information content (AvgIpc) is 3.56. The molecule has 0 aliphatic carbocycles. The highest BCUT2D eigenvalue weighted by Gasteiger charge is 2.17. The van der Waals surface area contributed by atoms with Crippen LogP contribution in [0.4, 0.5) is 17.1 Å². The van der Waals surface area contributed by atoms with Crippen molar-refractivity contribution in [2.45, 2.75) is 0 Å². The van der Waals surface area contributed by atoms with E-state index in [1.165, 1.54) is 54.6 Å². The van der Waals surface area contributed by atoms with Gasteiger partial charge >= 0.3 is 0 Å². The molecular weight excluding hydrogens is 609 g/mol. The summed E-state index contributed by atoms with van der Waals surface area (Å²) in [6.07, 6.45) is 3.66. The Morgan fingerprint density at radius 2 is 1.02 bits per heavy atom. The Kier molecular flexibility index (Phi) is 6.49. The number of anilines is 3. The first-order chi connectivity index (χ1) is 24.8. The number of fused-ring (bicyclic) bond motifs is 8.